The number of rotatable bonds is 4. The second-order valence-corrected chi connectivity index (χ2v) is 9.37. The van der Waals surface area contributed by atoms with Gasteiger partial charge < -0.3 is 0 Å². The van der Waals surface area contributed by atoms with Crippen molar-refractivity contribution in [2.45, 2.75) is 27.7 Å². The molecule has 0 N–H and O–H groups in total. The molecular weight excluding hydrogens is 468 g/mol. The molecule has 6 aromatic rings. The molecule has 2 aromatic heterocycles. The molecule has 38 heavy (non-hydrogen) atoms. The van der Waals surface area contributed by atoms with E-state index >= 15 is 0 Å². The molecule has 6 nitrogen and oxygen atoms in total. The summed E-state index contributed by atoms with van der Waals surface area (Å²) in [7, 11) is 0. The Morgan fingerprint density at radius 1 is 0.368 bits per heavy atom. The van der Waals surface area contributed by atoms with Crippen LogP contribution in [0.5, 0.6) is 0 Å². The van der Waals surface area contributed by atoms with Gasteiger partial charge in [0, 0.05) is 11.1 Å². The normalized spacial score (nSPS) is 11.2. The van der Waals surface area contributed by atoms with E-state index in [-0.39, 0.29) is 0 Å². The fourth-order valence-corrected chi connectivity index (χ4v) is 4.91. The average Bonchev–Trinajstić information content (AvgIpc) is 2.91. The standard InChI is InChI=1S/C32H26N6/c1-19-33-20(2)36-31(35-19)26-15-11-23(12-16-26)28-9-5-7-25-8-6-10-29(30(25)28)24-13-17-27(18-14-24)32-37-21(3)34-22(4)38-32/h5-18H,1-4H3. The van der Waals surface area contributed by atoms with Gasteiger partial charge in [-0.05, 0) is 60.7 Å². The molecule has 0 radical (unpaired) electrons. The number of hydrogen-bond donors (Lipinski definition) is 0. The van der Waals surface area contributed by atoms with Gasteiger partial charge in [-0.25, -0.2) is 29.9 Å². The number of nitrogens with zero attached hydrogens (tertiary/aromatic N) is 6. The molecule has 0 fully saturated rings. The van der Waals surface area contributed by atoms with Crippen molar-refractivity contribution < 1.29 is 0 Å². The van der Waals surface area contributed by atoms with Crippen LogP contribution in [0.3, 0.4) is 0 Å². The predicted octanol–water partition coefficient (Wildman–Crippen LogP) is 7.11. The molecule has 2 heterocycles. The van der Waals surface area contributed by atoms with Crippen molar-refractivity contribution in [3.8, 4) is 45.0 Å². The van der Waals surface area contributed by atoms with Crippen molar-refractivity contribution in [1.29, 1.82) is 0 Å². The zero-order valence-corrected chi connectivity index (χ0v) is 21.8. The van der Waals surface area contributed by atoms with Gasteiger partial charge in [-0.1, -0.05) is 84.9 Å². The summed E-state index contributed by atoms with van der Waals surface area (Å²) in [6, 6.07) is 29.8. The zero-order chi connectivity index (χ0) is 26.2. The average molecular weight is 495 g/mol. The molecule has 0 atom stereocenters. The first-order chi connectivity index (χ1) is 18.4. The molecule has 0 saturated carbocycles. The Morgan fingerprint density at radius 2 is 0.711 bits per heavy atom. The minimum absolute atomic E-state index is 0.698. The molecule has 6 rings (SSSR count). The monoisotopic (exact) mass is 494 g/mol. The van der Waals surface area contributed by atoms with E-state index in [1.165, 1.54) is 21.9 Å². The lowest BCUT2D eigenvalue weighted by Gasteiger charge is -2.13. The molecule has 0 saturated heterocycles. The lowest BCUT2D eigenvalue weighted by Crippen LogP contribution is -1.98. The minimum Gasteiger partial charge on any atom is -0.219 e. The predicted molar refractivity (Wildman–Crippen MR) is 151 cm³/mol. The summed E-state index contributed by atoms with van der Waals surface area (Å²) in [5.41, 5.74) is 6.59. The van der Waals surface area contributed by atoms with E-state index in [2.05, 4.69) is 115 Å². The van der Waals surface area contributed by atoms with Gasteiger partial charge in [0.2, 0.25) is 0 Å². The Hall–Kier alpha value is -4.84. The molecule has 0 spiro atoms. The van der Waals surface area contributed by atoms with Crippen molar-refractivity contribution >= 4 is 10.8 Å². The second kappa shape index (κ2) is 9.56. The third-order valence-electron chi connectivity index (χ3n) is 6.53. The highest BCUT2D eigenvalue weighted by Crippen LogP contribution is 2.37. The minimum atomic E-state index is 0.698. The summed E-state index contributed by atoms with van der Waals surface area (Å²) < 4.78 is 0. The largest absolute Gasteiger partial charge is 0.219 e. The summed E-state index contributed by atoms with van der Waals surface area (Å²) in [5.74, 6) is 4.29. The maximum atomic E-state index is 4.51. The van der Waals surface area contributed by atoms with Crippen LogP contribution in [-0.2, 0) is 0 Å². The third-order valence-corrected chi connectivity index (χ3v) is 6.53. The van der Waals surface area contributed by atoms with Gasteiger partial charge >= 0.3 is 0 Å². The van der Waals surface area contributed by atoms with Crippen LogP contribution in [-0.4, -0.2) is 29.9 Å². The number of hydrogen-bond acceptors (Lipinski definition) is 6. The van der Waals surface area contributed by atoms with Crippen LogP contribution in [0.2, 0.25) is 0 Å². The highest BCUT2D eigenvalue weighted by Gasteiger charge is 2.12. The molecule has 184 valence electrons. The number of fused-ring (bicyclic) bond motifs is 1. The maximum absolute atomic E-state index is 4.51. The van der Waals surface area contributed by atoms with E-state index in [1.54, 1.807) is 0 Å². The van der Waals surface area contributed by atoms with Gasteiger partial charge in [-0.15, -0.1) is 0 Å². The van der Waals surface area contributed by atoms with Crippen LogP contribution in [0.25, 0.3) is 55.8 Å². The van der Waals surface area contributed by atoms with Crippen LogP contribution in [0.15, 0.2) is 84.9 Å². The van der Waals surface area contributed by atoms with E-state index in [4.69, 9.17) is 0 Å². The van der Waals surface area contributed by atoms with E-state index in [0.29, 0.717) is 11.6 Å². The number of aryl methyl sites for hydroxylation is 4. The molecule has 4 aromatic carbocycles. The van der Waals surface area contributed by atoms with Crippen LogP contribution in [0, 0.1) is 27.7 Å². The van der Waals surface area contributed by atoms with Crippen molar-refractivity contribution in [2.24, 2.45) is 0 Å². The van der Waals surface area contributed by atoms with Crippen molar-refractivity contribution in [3.05, 3.63) is 108 Å². The highest BCUT2D eigenvalue weighted by molar-refractivity contribution is 6.06. The molecule has 6 heteroatoms. The van der Waals surface area contributed by atoms with Crippen LogP contribution >= 0.6 is 0 Å². The lowest BCUT2D eigenvalue weighted by molar-refractivity contribution is 0.928. The van der Waals surface area contributed by atoms with Gasteiger partial charge in [0.25, 0.3) is 0 Å². The Kier molecular flexibility index (Phi) is 5.92. The molecule has 0 aliphatic rings. The van der Waals surface area contributed by atoms with Gasteiger partial charge in [0.05, 0.1) is 0 Å². The fraction of sp³-hybridized carbons (Fsp3) is 0.125. The first-order valence-electron chi connectivity index (χ1n) is 12.6. The van der Waals surface area contributed by atoms with Crippen LogP contribution in [0.4, 0.5) is 0 Å². The van der Waals surface area contributed by atoms with Crippen molar-refractivity contribution in [1.82, 2.24) is 29.9 Å². The van der Waals surface area contributed by atoms with Gasteiger partial charge in [0.1, 0.15) is 23.3 Å². The quantitative estimate of drug-likeness (QED) is 0.260. The van der Waals surface area contributed by atoms with E-state index in [1.807, 2.05) is 27.7 Å². The van der Waals surface area contributed by atoms with E-state index in [0.717, 1.165) is 45.6 Å². The molecule has 0 aliphatic heterocycles. The summed E-state index contributed by atoms with van der Waals surface area (Å²) >= 11 is 0. The molecular formula is C32H26N6. The number of aromatic nitrogens is 6. The summed E-state index contributed by atoms with van der Waals surface area (Å²) in [6.07, 6.45) is 0. The Labute approximate surface area is 221 Å². The van der Waals surface area contributed by atoms with Crippen LogP contribution < -0.4 is 0 Å². The smallest absolute Gasteiger partial charge is 0.163 e. The SMILES string of the molecule is Cc1nc(C)nc(-c2ccc(-c3cccc4cccc(-c5ccc(-c6nc(C)nc(C)n6)cc5)c34)cc2)n1. The van der Waals surface area contributed by atoms with Gasteiger partial charge in [-0.3, -0.25) is 0 Å². The van der Waals surface area contributed by atoms with E-state index < -0.39 is 0 Å². The topological polar surface area (TPSA) is 77.3 Å². The van der Waals surface area contributed by atoms with Crippen molar-refractivity contribution in [3.63, 3.8) is 0 Å². The lowest BCUT2D eigenvalue weighted by atomic mass is 9.91. The highest BCUT2D eigenvalue weighted by atomic mass is 15.0. The third kappa shape index (κ3) is 4.52. The summed E-state index contributed by atoms with van der Waals surface area (Å²) in [6.45, 7) is 7.57. The first kappa shape index (κ1) is 23.6. The molecule has 0 unspecified atom stereocenters. The maximum Gasteiger partial charge on any atom is 0.163 e. The van der Waals surface area contributed by atoms with Gasteiger partial charge in [0.15, 0.2) is 11.6 Å². The fourth-order valence-electron chi connectivity index (χ4n) is 4.91. The Bertz CT molecular complexity index is 1620. The summed E-state index contributed by atoms with van der Waals surface area (Å²) in [5, 5.41) is 2.41. The van der Waals surface area contributed by atoms with Crippen LogP contribution in [0.1, 0.15) is 23.3 Å². The number of benzene rings is 4. The molecule has 0 amide bonds. The van der Waals surface area contributed by atoms with Crippen molar-refractivity contribution in [2.75, 3.05) is 0 Å². The second-order valence-electron chi connectivity index (χ2n) is 9.37. The summed E-state index contributed by atoms with van der Waals surface area (Å²) in [4.78, 5) is 26.6. The Balaban J connectivity index is 1.42. The first-order valence-corrected chi connectivity index (χ1v) is 12.6. The van der Waals surface area contributed by atoms with Gasteiger partial charge in [-0.2, -0.15) is 0 Å². The molecule has 0 bridgehead atoms. The Morgan fingerprint density at radius 3 is 1.08 bits per heavy atom. The zero-order valence-electron chi connectivity index (χ0n) is 21.8. The van der Waals surface area contributed by atoms with E-state index in [9.17, 15) is 0 Å². The molecule has 0 aliphatic carbocycles.